The molecule has 0 aliphatic heterocycles. The van der Waals surface area contributed by atoms with E-state index >= 15 is 0 Å². The Morgan fingerprint density at radius 2 is 1.88 bits per heavy atom. The molecule has 0 amide bonds. The summed E-state index contributed by atoms with van der Waals surface area (Å²) in [6, 6.07) is 12.1. The molecule has 0 unspecified atom stereocenters. The summed E-state index contributed by atoms with van der Waals surface area (Å²) in [5.41, 5.74) is 1.69. The third-order valence-corrected chi connectivity index (χ3v) is 3.57. The van der Waals surface area contributed by atoms with Gasteiger partial charge in [-0.2, -0.15) is 11.3 Å². The monoisotopic (exact) mass is 244 g/mol. The fraction of sp³-hybridized carbons (Fsp3) is 0.267. The van der Waals surface area contributed by atoms with Gasteiger partial charge in [-0.25, -0.2) is 0 Å². The van der Waals surface area contributed by atoms with Crippen molar-refractivity contribution in [1.29, 1.82) is 0 Å². The highest BCUT2D eigenvalue weighted by Crippen LogP contribution is 2.27. The van der Waals surface area contributed by atoms with Crippen molar-refractivity contribution in [3.8, 4) is 0 Å². The lowest BCUT2D eigenvalue weighted by atomic mass is 9.79. The summed E-state index contributed by atoms with van der Waals surface area (Å²) in [5, 5.41) is 3.88. The van der Waals surface area contributed by atoms with Crippen LogP contribution in [-0.4, -0.2) is 5.78 Å². The van der Waals surface area contributed by atoms with Gasteiger partial charge in [0.1, 0.15) is 0 Å². The maximum atomic E-state index is 12.3. The predicted octanol–water partition coefficient (Wildman–Crippen LogP) is 4.20. The molecule has 17 heavy (non-hydrogen) atoms. The van der Waals surface area contributed by atoms with Crippen molar-refractivity contribution >= 4 is 17.1 Å². The van der Waals surface area contributed by atoms with Crippen molar-refractivity contribution in [3.63, 3.8) is 0 Å². The molecule has 0 saturated heterocycles. The van der Waals surface area contributed by atoms with E-state index in [0.29, 0.717) is 0 Å². The molecule has 0 saturated carbocycles. The van der Waals surface area contributed by atoms with Crippen molar-refractivity contribution in [1.82, 2.24) is 0 Å². The second-order valence-corrected chi connectivity index (χ2v) is 5.67. The minimum Gasteiger partial charge on any atom is -0.294 e. The van der Waals surface area contributed by atoms with Gasteiger partial charge in [0.15, 0.2) is 5.78 Å². The first-order valence-corrected chi connectivity index (χ1v) is 6.65. The Hall–Kier alpha value is -1.41. The van der Waals surface area contributed by atoms with E-state index in [-0.39, 0.29) is 11.2 Å². The van der Waals surface area contributed by atoms with E-state index in [1.54, 1.807) is 11.3 Å². The molecule has 2 aromatic rings. The standard InChI is InChI=1S/C15H16OS/c1-15(2,10-12-6-4-3-5-7-12)14(16)13-8-9-17-11-13/h3-9,11H,10H2,1-2H3. The smallest absolute Gasteiger partial charge is 0.169 e. The van der Waals surface area contributed by atoms with Crippen molar-refractivity contribution in [2.45, 2.75) is 20.3 Å². The third kappa shape index (κ3) is 2.83. The molecule has 88 valence electrons. The number of thiophene rings is 1. The quantitative estimate of drug-likeness (QED) is 0.737. The predicted molar refractivity (Wildman–Crippen MR) is 72.6 cm³/mol. The van der Waals surface area contributed by atoms with Crippen molar-refractivity contribution < 1.29 is 4.79 Å². The van der Waals surface area contributed by atoms with Crippen molar-refractivity contribution in [2.75, 3.05) is 0 Å². The van der Waals surface area contributed by atoms with Crippen LogP contribution < -0.4 is 0 Å². The average molecular weight is 244 g/mol. The molecular formula is C15H16OS. The topological polar surface area (TPSA) is 17.1 Å². The van der Waals surface area contributed by atoms with Gasteiger partial charge >= 0.3 is 0 Å². The Labute approximate surface area is 106 Å². The Bertz CT molecular complexity index is 483. The van der Waals surface area contributed by atoms with E-state index in [1.165, 1.54) is 5.56 Å². The molecule has 0 spiro atoms. The fourth-order valence-electron chi connectivity index (χ4n) is 1.97. The number of carbonyl (C=O) groups excluding carboxylic acids is 1. The largest absolute Gasteiger partial charge is 0.294 e. The van der Waals surface area contributed by atoms with Gasteiger partial charge in [-0.1, -0.05) is 44.2 Å². The number of ketones is 1. The highest BCUT2D eigenvalue weighted by molar-refractivity contribution is 7.08. The first kappa shape index (κ1) is 12.1. The van der Waals surface area contributed by atoms with Crippen LogP contribution >= 0.6 is 11.3 Å². The van der Waals surface area contributed by atoms with Gasteiger partial charge in [-0.3, -0.25) is 4.79 Å². The number of benzene rings is 1. The van der Waals surface area contributed by atoms with Crippen LogP contribution in [0.1, 0.15) is 29.8 Å². The molecule has 1 heterocycles. The zero-order valence-electron chi connectivity index (χ0n) is 10.1. The normalized spacial score (nSPS) is 11.4. The van der Waals surface area contributed by atoms with Crippen LogP contribution in [0.25, 0.3) is 0 Å². The van der Waals surface area contributed by atoms with Crippen LogP contribution in [0, 0.1) is 5.41 Å². The number of Topliss-reactive ketones (excluding diaryl/α,β-unsaturated/α-hetero) is 1. The summed E-state index contributed by atoms with van der Waals surface area (Å²) in [5.74, 6) is 0.225. The molecule has 0 radical (unpaired) electrons. The molecule has 1 aromatic heterocycles. The Morgan fingerprint density at radius 1 is 1.18 bits per heavy atom. The summed E-state index contributed by atoms with van der Waals surface area (Å²) < 4.78 is 0. The van der Waals surface area contributed by atoms with Crippen molar-refractivity contribution in [3.05, 3.63) is 58.3 Å². The molecular weight excluding hydrogens is 228 g/mol. The number of hydrogen-bond acceptors (Lipinski definition) is 2. The summed E-state index contributed by atoms with van der Waals surface area (Å²) in [6.07, 6.45) is 0.780. The SMILES string of the molecule is CC(C)(Cc1ccccc1)C(=O)c1ccsc1. The van der Waals surface area contributed by atoms with Gasteiger partial charge in [-0.05, 0) is 23.4 Å². The highest BCUT2D eigenvalue weighted by atomic mass is 32.1. The molecule has 2 rings (SSSR count). The van der Waals surface area contributed by atoms with Gasteiger partial charge < -0.3 is 0 Å². The zero-order chi connectivity index (χ0) is 12.3. The van der Waals surface area contributed by atoms with E-state index in [4.69, 9.17) is 0 Å². The van der Waals surface area contributed by atoms with E-state index in [0.717, 1.165) is 12.0 Å². The van der Waals surface area contributed by atoms with Gasteiger partial charge in [0, 0.05) is 16.4 Å². The number of rotatable bonds is 4. The molecule has 0 fully saturated rings. The molecule has 0 bridgehead atoms. The van der Waals surface area contributed by atoms with E-state index < -0.39 is 0 Å². The van der Waals surface area contributed by atoms with Crippen LogP contribution in [0.5, 0.6) is 0 Å². The lowest BCUT2D eigenvalue weighted by molar-refractivity contribution is 0.0838. The molecule has 0 atom stereocenters. The Kier molecular flexibility index (Phi) is 3.43. The summed E-state index contributed by atoms with van der Waals surface area (Å²) in [6.45, 7) is 4.03. The number of hydrogen-bond donors (Lipinski definition) is 0. The summed E-state index contributed by atoms with van der Waals surface area (Å²) in [7, 11) is 0. The van der Waals surface area contributed by atoms with Gasteiger partial charge in [0.2, 0.25) is 0 Å². The molecule has 2 heteroatoms. The van der Waals surface area contributed by atoms with Crippen LogP contribution in [0.4, 0.5) is 0 Å². The molecule has 1 aromatic carbocycles. The lowest BCUT2D eigenvalue weighted by Crippen LogP contribution is -2.26. The summed E-state index contributed by atoms with van der Waals surface area (Å²) >= 11 is 1.57. The minimum absolute atomic E-state index is 0.225. The fourth-order valence-corrected chi connectivity index (χ4v) is 2.61. The first-order valence-electron chi connectivity index (χ1n) is 5.70. The van der Waals surface area contributed by atoms with E-state index in [1.807, 2.05) is 48.9 Å². The molecule has 0 aliphatic carbocycles. The average Bonchev–Trinajstić information content (AvgIpc) is 2.82. The van der Waals surface area contributed by atoms with Gasteiger partial charge in [0.25, 0.3) is 0 Å². The first-order chi connectivity index (χ1) is 8.09. The van der Waals surface area contributed by atoms with Crippen LogP contribution in [-0.2, 0) is 6.42 Å². The maximum absolute atomic E-state index is 12.3. The van der Waals surface area contributed by atoms with Crippen LogP contribution in [0.15, 0.2) is 47.2 Å². The molecule has 0 N–H and O–H groups in total. The zero-order valence-corrected chi connectivity index (χ0v) is 11.0. The lowest BCUT2D eigenvalue weighted by Gasteiger charge is -2.22. The van der Waals surface area contributed by atoms with Gasteiger partial charge in [0.05, 0.1) is 0 Å². The van der Waals surface area contributed by atoms with Crippen molar-refractivity contribution in [2.24, 2.45) is 5.41 Å². The van der Waals surface area contributed by atoms with E-state index in [2.05, 4.69) is 12.1 Å². The van der Waals surface area contributed by atoms with Crippen LogP contribution in [0.3, 0.4) is 0 Å². The Morgan fingerprint density at radius 3 is 2.47 bits per heavy atom. The number of carbonyl (C=O) groups is 1. The minimum atomic E-state index is -0.345. The highest BCUT2D eigenvalue weighted by Gasteiger charge is 2.28. The van der Waals surface area contributed by atoms with E-state index in [9.17, 15) is 4.79 Å². The molecule has 1 nitrogen and oxygen atoms in total. The van der Waals surface area contributed by atoms with Gasteiger partial charge in [-0.15, -0.1) is 0 Å². The second-order valence-electron chi connectivity index (χ2n) is 4.89. The maximum Gasteiger partial charge on any atom is 0.169 e. The summed E-state index contributed by atoms with van der Waals surface area (Å²) in [4.78, 5) is 12.3. The third-order valence-electron chi connectivity index (χ3n) is 2.89. The second kappa shape index (κ2) is 4.84. The van der Waals surface area contributed by atoms with Crippen LogP contribution in [0.2, 0.25) is 0 Å². The Balaban J connectivity index is 2.17. The molecule has 0 aliphatic rings.